The zero-order chi connectivity index (χ0) is 10.6. The summed E-state index contributed by atoms with van der Waals surface area (Å²) in [6.45, 7) is -0.681. The average molecular weight is 198 g/mol. The number of benzene rings is 1. The molecule has 0 aliphatic heterocycles. The van der Waals surface area contributed by atoms with E-state index in [0.717, 1.165) is 0 Å². The number of aliphatic hydroxyl groups is 4. The minimum atomic E-state index is -2.28. The van der Waals surface area contributed by atoms with E-state index in [1.807, 2.05) is 6.07 Å². The molecule has 0 amide bonds. The molecule has 78 valence electrons. The first-order valence-electron chi connectivity index (χ1n) is 4.34. The van der Waals surface area contributed by atoms with Gasteiger partial charge < -0.3 is 20.4 Å². The normalized spacial score (nSPS) is 14.0. The van der Waals surface area contributed by atoms with Gasteiger partial charge in [0, 0.05) is 6.42 Å². The van der Waals surface area contributed by atoms with Crippen molar-refractivity contribution in [1.29, 1.82) is 0 Å². The largest absolute Gasteiger partial charge is 0.393 e. The summed E-state index contributed by atoms with van der Waals surface area (Å²) in [6, 6.07) is 8.76. The van der Waals surface area contributed by atoms with Gasteiger partial charge in [0.05, 0.1) is 6.61 Å². The van der Waals surface area contributed by atoms with Gasteiger partial charge in [-0.1, -0.05) is 30.3 Å². The summed E-state index contributed by atoms with van der Waals surface area (Å²) in [5.41, 5.74) is 0.685. The van der Waals surface area contributed by atoms with E-state index in [-0.39, 0.29) is 6.42 Å². The highest BCUT2D eigenvalue weighted by molar-refractivity contribution is 5.16. The maximum atomic E-state index is 9.38. The van der Waals surface area contributed by atoms with Gasteiger partial charge in [0.2, 0.25) is 0 Å². The fourth-order valence-corrected chi connectivity index (χ4v) is 1.16. The Labute approximate surface area is 82.1 Å². The number of hydrogen-bond donors (Lipinski definition) is 4. The van der Waals surface area contributed by atoms with Gasteiger partial charge in [0.1, 0.15) is 6.10 Å². The predicted octanol–water partition coefficient (Wildman–Crippen LogP) is -0.737. The fraction of sp³-hybridized carbons (Fsp3) is 0.400. The van der Waals surface area contributed by atoms with Crippen molar-refractivity contribution < 1.29 is 20.4 Å². The summed E-state index contributed by atoms with van der Waals surface area (Å²) < 4.78 is 0. The molecular formula is C10H14O4. The van der Waals surface area contributed by atoms with Crippen LogP contribution in [0.15, 0.2) is 30.3 Å². The maximum Gasteiger partial charge on any atom is 0.195 e. The molecular weight excluding hydrogens is 184 g/mol. The Morgan fingerprint density at radius 2 is 1.71 bits per heavy atom. The molecule has 4 heteroatoms. The number of rotatable bonds is 4. The molecule has 1 aromatic carbocycles. The quantitative estimate of drug-likeness (QED) is 0.480. The van der Waals surface area contributed by atoms with E-state index in [2.05, 4.69) is 0 Å². The molecule has 0 spiro atoms. The second-order valence-corrected chi connectivity index (χ2v) is 3.24. The molecule has 0 radical (unpaired) electrons. The minimum Gasteiger partial charge on any atom is -0.393 e. The van der Waals surface area contributed by atoms with Crippen LogP contribution in [0.4, 0.5) is 0 Å². The van der Waals surface area contributed by atoms with Crippen LogP contribution in [0.5, 0.6) is 0 Å². The van der Waals surface area contributed by atoms with Gasteiger partial charge in [-0.2, -0.15) is 0 Å². The third kappa shape index (κ3) is 2.78. The maximum absolute atomic E-state index is 9.38. The first-order valence-corrected chi connectivity index (χ1v) is 4.34. The molecule has 1 unspecified atom stereocenters. The molecule has 1 rings (SSSR count). The van der Waals surface area contributed by atoms with Gasteiger partial charge in [-0.15, -0.1) is 0 Å². The first kappa shape index (κ1) is 11.1. The zero-order valence-corrected chi connectivity index (χ0v) is 7.67. The zero-order valence-electron chi connectivity index (χ0n) is 7.67. The Bertz CT molecular complexity index is 271. The van der Waals surface area contributed by atoms with Crippen LogP contribution >= 0.6 is 0 Å². The van der Waals surface area contributed by atoms with Crippen molar-refractivity contribution in [2.24, 2.45) is 0 Å². The summed E-state index contributed by atoms with van der Waals surface area (Å²) >= 11 is 0. The Balaban J connectivity index is 2.68. The third-order valence-corrected chi connectivity index (χ3v) is 2.01. The van der Waals surface area contributed by atoms with Crippen molar-refractivity contribution in [2.75, 3.05) is 6.61 Å². The Hall–Kier alpha value is -0.940. The molecule has 1 aromatic rings. The number of aliphatic hydroxyl groups excluding tert-OH is 2. The Morgan fingerprint density at radius 1 is 1.14 bits per heavy atom. The van der Waals surface area contributed by atoms with Crippen LogP contribution in [-0.2, 0) is 6.42 Å². The molecule has 0 aromatic heterocycles. The van der Waals surface area contributed by atoms with E-state index in [4.69, 9.17) is 10.2 Å². The van der Waals surface area contributed by atoms with Crippen LogP contribution in [0.2, 0.25) is 0 Å². The van der Waals surface area contributed by atoms with Crippen molar-refractivity contribution >= 4 is 0 Å². The second-order valence-electron chi connectivity index (χ2n) is 3.24. The average Bonchev–Trinajstić information content (AvgIpc) is 2.17. The van der Waals surface area contributed by atoms with Crippen LogP contribution in [-0.4, -0.2) is 38.9 Å². The van der Waals surface area contributed by atoms with Gasteiger partial charge in [0.15, 0.2) is 5.79 Å². The molecule has 0 saturated heterocycles. The van der Waals surface area contributed by atoms with Crippen LogP contribution in [0.25, 0.3) is 0 Å². The van der Waals surface area contributed by atoms with Crippen LogP contribution in [0, 0.1) is 0 Å². The molecule has 0 aliphatic rings. The van der Waals surface area contributed by atoms with E-state index < -0.39 is 18.5 Å². The summed E-state index contributed by atoms with van der Waals surface area (Å²) in [6.07, 6.45) is -1.67. The van der Waals surface area contributed by atoms with Gasteiger partial charge in [-0.3, -0.25) is 0 Å². The summed E-state index contributed by atoms with van der Waals surface area (Å²) in [7, 11) is 0. The van der Waals surface area contributed by atoms with E-state index in [1.54, 1.807) is 24.3 Å². The lowest BCUT2D eigenvalue weighted by molar-refractivity contribution is -0.231. The van der Waals surface area contributed by atoms with Crippen molar-refractivity contribution in [2.45, 2.75) is 18.3 Å². The van der Waals surface area contributed by atoms with E-state index in [1.165, 1.54) is 0 Å². The first-order chi connectivity index (χ1) is 6.56. The lowest BCUT2D eigenvalue weighted by Gasteiger charge is -2.26. The summed E-state index contributed by atoms with van der Waals surface area (Å²) in [4.78, 5) is 0. The molecule has 0 aliphatic carbocycles. The lowest BCUT2D eigenvalue weighted by Crippen LogP contribution is -2.46. The van der Waals surface area contributed by atoms with E-state index >= 15 is 0 Å². The molecule has 0 saturated carbocycles. The summed E-state index contributed by atoms with van der Waals surface area (Å²) in [5, 5.41) is 36.4. The SMILES string of the molecule is OCC(O)C(O)(O)Cc1ccccc1. The Kier molecular flexibility index (Phi) is 3.60. The van der Waals surface area contributed by atoms with Crippen LogP contribution < -0.4 is 0 Å². The van der Waals surface area contributed by atoms with E-state index in [9.17, 15) is 10.2 Å². The summed E-state index contributed by atoms with van der Waals surface area (Å²) in [5.74, 6) is -2.28. The molecule has 4 N–H and O–H groups in total. The topological polar surface area (TPSA) is 80.9 Å². The van der Waals surface area contributed by atoms with Crippen LogP contribution in [0.3, 0.4) is 0 Å². The fourth-order valence-electron chi connectivity index (χ4n) is 1.16. The standard InChI is InChI=1S/C10H14O4/c11-7-9(12)10(13,14)6-8-4-2-1-3-5-8/h1-5,9,11-14H,6-7H2. The van der Waals surface area contributed by atoms with Gasteiger partial charge in [0.25, 0.3) is 0 Å². The van der Waals surface area contributed by atoms with Gasteiger partial charge >= 0.3 is 0 Å². The van der Waals surface area contributed by atoms with Crippen molar-refractivity contribution in [3.8, 4) is 0 Å². The smallest absolute Gasteiger partial charge is 0.195 e. The number of hydrogen-bond acceptors (Lipinski definition) is 4. The molecule has 4 nitrogen and oxygen atoms in total. The van der Waals surface area contributed by atoms with Crippen molar-refractivity contribution in [3.63, 3.8) is 0 Å². The monoisotopic (exact) mass is 198 g/mol. The molecule has 1 atom stereocenters. The predicted molar refractivity (Wildman–Crippen MR) is 50.4 cm³/mol. The Morgan fingerprint density at radius 3 is 2.21 bits per heavy atom. The molecule has 0 fully saturated rings. The highest BCUT2D eigenvalue weighted by Gasteiger charge is 2.32. The molecule has 0 bridgehead atoms. The lowest BCUT2D eigenvalue weighted by atomic mass is 10.0. The van der Waals surface area contributed by atoms with Crippen molar-refractivity contribution in [1.82, 2.24) is 0 Å². The second kappa shape index (κ2) is 4.52. The van der Waals surface area contributed by atoms with Crippen LogP contribution in [0.1, 0.15) is 5.56 Å². The molecule has 0 heterocycles. The van der Waals surface area contributed by atoms with Crippen molar-refractivity contribution in [3.05, 3.63) is 35.9 Å². The van der Waals surface area contributed by atoms with Gasteiger partial charge in [-0.05, 0) is 5.56 Å². The highest BCUT2D eigenvalue weighted by atomic mass is 16.5. The highest BCUT2D eigenvalue weighted by Crippen LogP contribution is 2.14. The molecule has 14 heavy (non-hydrogen) atoms. The third-order valence-electron chi connectivity index (χ3n) is 2.01. The van der Waals surface area contributed by atoms with E-state index in [0.29, 0.717) is 5.56 Å². The minimum absolute atomic E-state index is 0.116. The van der Waals surface area contributed by atoms with Gasteiger partial charge in [-0.25, -0.2) is 0 Å².